The molecule has 4 N–H and O–H groups in total. The number of aromatic nitrogens is 2. The second kappa shape index (κ2) is 4.48. The van der Waals surface area contributed by atoms with E-state index >= 15 is 0 Å². The van der Waals surface area contributed by atoms with Gasteiger partial charge in [-0.05, 0) is 17.7 Å². The summed E-state index contributed by atoms with van der Waals surface area (Å²) in [5.74, 6) is 0.547. The van der Waals surface area contributed by atoms with Crippen molar-refractivity contribution >= 4 is 11.5 Å². The van der Waals surface area contributed by atoms with E-state index in [9.17, 15) is 4.79 Å². The van der Waals surface area contributed by atoms with E-state index in [0.717, 1.165) is 11.3 Å². The van der Waals surface area contributed by atoms with Gasteiger partial charge in [0, 0.05) is 18.3 Å². The summed E-state index contributed by atoms with van der Waals surface area (Å²) < 4.78 is 0. The molecule has 0 aliphatic heterocycles. The predicted molar refractivity (Wildman–Crippen MR) is 63.0 cm³/mol. The molecule has 5 nitrogen and oxygen atoms in total. The minimum absolute atomic E-state index is 0.176. The number of hydrogen-bond acceptors (Lipinski definition) is 4. The molecular weight excluding hydrogens is 204 g/mol. The van der Waals surface area contributed by atoms with Crippen molar-refractivity contribution in [2.24, 2.45) is 0 Å². The first-order valence-electron chi connectivity index (χ1n) is 4.87. The van der Waals surface area contributed by atoms with Gasteiger partial charge in [0.05, 0.1) is 6.33 Å². The lowest BCUT2D eigenvalue weighted by molar-refractivity contribution is 1.06. The van der Waals surface area contributed by atoms with Crippen LogP contribution in [0.15, 0.2) is 41.5 Å². The summed E-state index contributed by atoms with van der Waals surface area (Å²) in [5, 5.41) is 3.04. The molecule has 0 radical (unpaired) electrons. The van der Waals surface area contributed by atoms with Crippen molar-refractivity contribution in [1.29, 1.82) is 0 Å². The van der Waals surface area contributed by atoms with Crippen LogP contribution in [0.4, 0.5) is 11.5 Å². The summed E-state index contributed by atoms with van der Waals surface area (Å²) in [6.07, 6.45) is 1.37. The number of aromatic amines is 1. The van der Waals surface area contributed by atoms with Crippen molar-refractivity contribution in [3.63, 3.8) is 0 Å². The van der Waals surface area contributed by atoms with Crippen molar-refractivity contribution < 1.29 is 0 Å². The summed E-state index contributed by atoms with van der Waals surface area (Å²) in [6, 6.07) is 8.95. The lowest BCUT2D eigenvalue weighted by Crippen LogP contribution is -2.09. The van der Waals surface area contributed by atoms with E-state index in [-0.39, 0.29) is 5.56 Å². The van der Waals surface area contributed by atoms with Gasteiger partial charge in [0.2, 0.25) is 0 Å². The minimum Gasteiger partial charge on any atom is -0.399 e. The van der Waals surface area contributed by atoms with Crippen LogP contribution >= 0.6 is 0 Å². The summed E-state index contributed by atoms with van der Waals surface area (Å²) in [7, 11) is 0. The number of anilines is 2. The third-order valence-corrected chi connectivity index (χ3v) is 2.10. The van der Waals surface area contributed by atoms with Gasteiger partial charge in [-0.1, -0.05) is 12.1 Å². The first-order chi connectivity index (χ1) is 7.74. The van der Waals surface area contributed by atoms with Gasteiger partial charge in [0.15, 0.2) is 0 Å². The SMILES string of the molecule is Nc1cccc(CNc2cc(=O)[nH]cn2)c1. The topological polar surface area (TPSA) is 83.8 Å². The molecule has 0 aliphatic carbocycles. The second-order valence-corrected chi connectivity index (χ2v) is 3.39. The van der Waals surface area contributed by atoms with Crippen LogP contribution in [0, 0.1) is 0 Å². The smallest absolute Gasteiger partial charge is 0.252 e. The molecule has 0 aliphatic rings. The van der Waals surface area contributed by atoms with Gasteiger partial charge < -0.3 is 16.0 Å². The van der Waals surface area contributed by atoms with E-state index in [1.54, 1.807) is 0 Å². The second-order valence-electron chi connectivity index (χ2n) is 3.39. The van der Waals surface area contributed by atoms with Crippen LogP contribution in [0.2, 0.25) is 0 Å². The number of nitrogens with zero attached hydrogens (tertiary/aromatic N) is 1. The molecule has 82 valence electrons. The number of rotatable bonds is 3. The highest BCUT2D eigenvalue weighted by Crippen LogP contribution is 2.08. The van der Waals surface area contributed by atoms with Crippen molar-refractivity contribution in [2.75, 3.05) is 11.1 Å². The Morgan fingerprint density at radius 1 is 1.38 bits per heavy atom. The molecule has 2 aromatic rings. The van der Waals surface area contributed by atoms with E-state index in [2.05, 4.69) is 15.3 Å². The standard InChI is InChI=1S/C11H12N4O/c12-9-3-1-2-8(4-9)6-13-10-5-11(16)15-7-14-10/h1-5,7H,6,12H2,(H2,13,14,15,16). The molecule has 1 aromatic carbocycles. The Labute approximate surface area is 92.3 Å². The van der Waals surface area contributed by atoms with Crippen molar-refractivity contribution in [1.82, 2.24) is 9.97 Å². The van der Waals surface area contributed by atoms with Gasteiger partial charge in [0.1, 0.15) is 5.82 Å². The fourth-order valence-electron chi connectivity index (χ4n) is 1.36. The highest BCUT2D eigenvalue weighted by molar-refractivity contribution is 5.42. The highest BCUT2D eigenvalue weighted by Gasteiger charge is 1.96. The molecule has 0 saturated carbocycles. The molecule has 0 amide bonds. The zero-order valence-electron chi connectivity index (χ0n) is 8.60. The maximum atomic E-state index is 11.0. The number of nitrogen functional groups attached to an aromatic ring is 1. The van der Waals surface area contributed by atoms with Crippen molar-refractivity contribution in [2.45, 2.75) is 6.54 Å². The number of nitrogens with one attached hydrogen (secondary N) is 2. The van der Waals surface area contributed by atoms with Gasteiger partial charge in [-0.25, -0.2) is 4.98 Å². The lowest BCUT2D eigenvalue weighted by Gasteiger charge is -2.05. The maximum Gasteiger partial charge on any atom is 0.252 e. The van der Waals surface area contributed by atoms with Crippen LogP contribution < -0.4 is 16.6 Å². The van der Waals surface area contributed by atoms with Crippen LogP contribution in [-0.2, 0) is 6.54 Å². The predicted octanol–water partition coefficient (Wildman–Crippen LogP) is 0.964. The van der Waals surface area contributed by atoms with E-state index in [4.69, 9.17) is 5.73 Å². The monoisotopic (exact) mass is 216 g/mol. The molecule has 1 heterocycles. The Morgan fingerprint density at radius 3 is 3.00 bits per heavy atom. The normalized spacial score (nSPS) is 10.0. The zero-order valence-corrected chi connectivity index (χ0v) is 8.60. The quantitative estimate of drug-likeness (QED) is 0.667. The largest absolute Gasteiger partial charge is 0.399 e. The Kier molecular flexibility index (Phi) is 2.86. The van der Waals surface area contributed by atoms with Gasteiger partial charge in [-0.15, -0.1) is 0 Å². The van der Waals surface area contributed by atoms with Crippen LogP contribution in [0.3, 0.4) is 0 Å². The fraction of sp³-hybridized carbons (Fsp3) is 0.0909. The van der Waals surface area contributed by atoms with Gasteiger partial charge in [-0.3, -0.25) is 4.79 Å². The maximum absolute atomic E-state index is 11.0. The van der Waals surface area contributed by atoms with Crippen molar-refractivity contribution in [3.05, 3.63) is 52.6 Å². The van der Waals surface area contributed by atoms with Gasteiger partial charge >= 0.3 is 0 Å². The molecule has 2 rings (SSSR count). The van der Waals surface area contributed by atoms with E-state index in [1.165, 1.54) is 12.4 Å². The molecule has 0 saturated heterocycles. The minimum atomic E-state index is -0.176. The first-order valence-corrected chi connectivity index (χ1v) is 4.87. The van der Waals surface area contributed by atoms with Gasteiger partial charge in [0.25, 0.3) is 5.56 Å². The zero-order chi connectivity index (χ0) is 11.4. The Balaban J connectivity index is 2.05. The third-order valence-electron chi connectivity index (χ3n) is 2.10. The van der Waals surface area contributed by atoms with Crippen LogP contribution in [-0.4, -0.2) is 9.97 Å². The van der Waals surface area contributed by atoms with Crippen LogP contribution in [0.25, 0.3) is 0 Å². The summed E-state index contributed by atoms with van der Waals surface area (Å²) in [5.41, 5.74) is 7.24. The van der Waals surface area contributed by atoms with E-state index in [1.807, 2.05) is 24.3 Å². The Bertz CT molecular complexity index is 535. The average molecular weight is 216 g/mol. The summed E-state index contributed by atoms with van der Waals surface area (Å²) >= 11 is 0. The molecule has 0 spiro atoms. The van der Waals surface area contributed by atoms with E-state index in [0.29, 0.717) is 12.4 Å². The molecule has 0 atom stereocenters. The molecule has 0 fully saturated rings. The van der Waals surface area contributed by atoms with E-state index < -0.39 is 0 Å². The molecule has 16 heavy (non-hydrogen) atoms. The number of H-pyrrole nitrogens is 1. The highest BCUT2D eigenvalue weighted by atomic mass is 16.1. The number of hydrogen-bond donors (Lipinski definition) is 3. The molecule has 1 aromatic heterocycles. The first kappa shape index (κ1) is 10.2. The number of benzene rings is 1. The summed E-state index contributed by atoms with van der Waals surface area (Å²) in [4.78, 5) is 17.4. The number of nitrogens with two attached hydrogens (primary N) is 1. The Morgan fingerprint density at radius 2 is 2.25 bits per heavy atom. The molecular formula is C11H12N4O. The Hall–Kier alpha value is -2.30. The molecule has 0 bridgehead atoms. The van der Waals surface area contributed by atoms with Crippen LogP contribution in [0.1, 0.15) is 5.56 Å². The fourth-order valence-corrected chi connectivity index (χ4v) is 1.36. The third kappa shape index (κ3) is 2.60. The lowest BCUT2D eigenvalue weighted by atomic mass is 10.2. The van der Waals surface area contributed by atoms with Crippen LogP contribution in [0.5, 0.6) is 0 Å². The molecule has 0 unspecified atom stereocenters. The van der Waals surface area contributed by atoms with Gasteiger partial charge in [-0.2, -0.15) is 0 Å². The molecule has 5 heteroatoms. The average Bonchev–Trinajstić information content (AvgIpc) is 2.27. The summed E-state index contributed by atoms with van der Waals surface area (Å²) in [6.45, 7) is 0.585. The van der Waals surface area contributed by atoms with Crippen molar-refractivity contribution in [3.8, 4) is 0 Å².